The first kappa shape index (κ1) is 12.7. The van der Waals surface area contributed by atoms with Gasteiger partial charge in [0.15, 0.2) is 0 Å². The van der Waals surface area contributed by atoms with E-state index in [1.807, 2.05) is 30.5 Å². The molecule has 1 aliphatic rings. The van der Waals surface area contributed by atoms with Gasteiger partial charge in [-0.1, -0.05) is 12.1 Å². The minimum absolute atomic E-state index is 0.386. The molecule has 1 N–H and O–H groups in total. The fourth-order valence-corrected chi connectivity index (χ4v) is 2.87. The van der Waals surface area contributed by atoms with E-state index in [4.69, 9.17) is 11.6 Å². The number of rotatable bonds is 3. The zero-order chi connectivity index (χ0) is 13.1. The Morgan fingerprint density at radius 1 is 1.11 bits per heavy atom. The first-order valence-electron chi connectivity index (χ1n) is 6.91. The van der Waals surface area contributed by atoms with Crippen LogP contribution in [0.15, 0.2) is 30.5 Å². The summed E-state index contributed by atoms with van der Waals surface area (Å²) in [5.41, 5.74) is 1.88. The Kier molecular flexibility index (Phi) is 3.83. The van der Waals surface area contributed by atoms with E-state index in [9.17, 15) is 0 Å². The highest BCUT2D eigenvalue weighted by molar-refractivity contribution is 6.20. The lowest BCUT2D eigenvalue weighted by molar-refractivity contribution is 0.377. The SMILES string of the molecule is ClC1CCC(CNc2cnc3ccccc3n2)CC1. The standard InChI is InChI=1S/C15H18ClN3/c16-12-7-5-11(6-8-12)9-18-15-10-17-13-3-1-2-4-14(13)19-15/h1-4,10-12H,5-9H2,(H,18,19). The van der Waals surface area contributed by atoms with Crippen molar-refractivity contribution in [3.05, 3.63) is 30.5 Å². The molecule has 0 amide bonds. The van der Waals surface area contributed by atoms with E-state index in [1.54, 1.807) is 0 Å². The molecule has 0 bridgehead atoms. The van der Waals surface area contributed by atoms with Crippen molar-refractivity contribution >= 4 is 28.5 Å². The van der Waals surface area contributed by atoms with Gasteiger partial charge in [0.05, 0.1) is 17.2 Å². The lowest BCUT2D eigenvalue weighted by atomic mass is 9.89. The molecule has 0 atom stereocenters. The van der Waals surface area contributed by atoms with Crippen molar-refractivity contribution in [1.82, 2.24) is 9.97 Å². The molecule has 0 unspecified atom stereocenters. The fourth-order valence-electron chi connectivity index (χ4n) is 2.62. The number of aromatic nitrogens is 2. The highest BCUT2D eigenvalue weighted by atomic mass is 35.5. The normalized spacial score (nSPS) is 23.4. The van der Waals surface area contributed by atoms with Crippen molar-refractivity contribution in [3.8, 4) is 0 Å². The second-order valence-electron chi connectivity index (χ2n) is 5.24. The van der Waals surface area contributed by atoms with Gasteiger partial charge in [-0.15, -0.1) is 11.6 Å². The predicted octanol–water partition coefficient (Wildman–Crippen LogP) is 3.84. The van der Waals surface area contributed by atoms with Gasteiger partial charge in [0.25, 0.3) is 0 Å². The predicted molar refractivity (Wildman–Crippen MR) is 79.6 cm³/mol. The summed E-state index contributed by atoms with van der Waals surface area (Å²) in [6.45, 7) is 0.969. The van der Waals surface area contributed by atoms with Gasteiger partial charge in [0.2, 0.25) is 0 Å². The number of hydrogen-bond acceptors (Lipinski definition) is 3. The van der Waals surface area contributed by atoms with Crippen LogP contribution in [0, 0.1) is 5.92 Å². The first-order chi connectivity index (χ1) is 9.31. The summed E-state index contributed by atoms with van der Waals surface area (Å²) in [7, 11) is 0. The highest BCUT2D eigenvalue weighted by Gasteiger charge is 2.19. The van der Waals surface area contributed by atoms with Gasteiger partial charge >= 0.3 is 0 Å². The van der Waals surface area contributed by atoms with E-state index >= 15 is 0 Å². The lowest BCUT2D eigenvalue weighted by Crippen LogP contribution is -2.21. The summed E-state index contributed by atoms with van der Waals surface area (Å²) in [5, 5.41) is 3.79. The maximum absolute atomic E-state index is 6.12. The molecule has 19 heavy (non-hydrogen) atoms. The van der Waals surface area contributed by atoms with Gasteiger partial charge in [-0.05, 0) is 43.7 Å². The molecule has 0 aliphatic heterocycles. The topological polar surface area (TPSA) is 37.8 Å². The average Bonchev–Trinajstić information content (AvgIpc) is 2.46. The largest absolute Gasteiger partial charge is 0.368 e. The number of fused-ring (bicyclic) bond motifs is 1. The van der Waals surface area contributed by atoms with Crippen molar-refractivity contribution < 1.29 is 0 Å². The zero-order valence-corrected chi connectivity index (χ0v) is 11.6. The quantitative estimate of drug-likeness (QED) is 0.865. The average molecular weight is 276 g/mol. The Hall–Kier alpha value is -1.35. The summed E-state index contributed by atoms with van der Waals surface area (Å²) in [5.74, 6) is 1.58. The van der Waals surface area contributed by atoms with Gasteiger partial charge < -0.3 is 5.32 Å². The van der Waals surface area contributed by atoms with Crippen LogP contribution in [0.25, 0.3) is 11.0 Å². The first-order valence-corrected chi connectivity index (χ1v) is 7.34. The van der Waals surface area contributed by atoms with Gasteiger partial charge in [-0.3, -0.25) is 4.98 Å². The minimum atomic E-state index is 0.386. The number of nitrogens with zero attached hydrogens (tertiary/aromatic N) is 2. The van der Waals surface area contributed by atoms with E-state index in [1.165, 1.54) is 12.8 Å². The number of alkyl halides is 1. The third kappa shape index (κ3) is 3.16. The maximum atomic E-state index is 6.12. The fraction of sp³-hybridized carbons (Fsp3) is 0.467. The Bertz CT molecular complexity index is 550. The van der Waals surface area contributed by atoms with E-state index in [2.05, 4.69) is 15.3 Å². The van der Waals surface area contributed by atoms with E-state index in [0.29, 0.717) is 11.3 Å². The number of halogens is 1. The van der Waals surface area contributed by atoms with Gasteiger partial charge in [0, 0.05) is 11.9 Å². The van der Waals surface area contributed by atoms with Crippen LogP contribution >= 0.6 is 11.6 Å². The summed E-state index contributed by atoms with van der Waals surface area (Å²) in [4.78, 5) is 8.99. The smallest absolute Gasteiger partial charge is 0.145 e. The van der Waals surface area contributed by atoms with Crippen molar-refractivity contribution in [2.75, 3.05) is 11.9 Å². The molecule has 1 aromatic carbocycles. The second-order valence-corrected chi connectivity index (χ2v) is 5.86. The van der Waals surface area contributed by atoms with Crippen LogP contribution in [0.5, 0.6) is 0 Å². The summed E-state index contributed by atoms with van der Waals surface area (Å²) in [6.07, 6.45) is 6.51. The third-order valence-corrected chi connectivity index (χ3v) is 4.23. The number of benzene rings is 1. The monoisotopic (exact) mass is 275 g/mol. The van der Waals surface area contributed by atoms with Crippen molar-refractivity contribution in [2.45, 2.75) is 31.1 Å². The third-order valence-electron chi connectivity index (χ3n) is 3.80. The van der Waals surface area contributed by atoms with E-state index in [0.717, 1.165) is 36.2 Å². The molecule has 1 aliphatic carbocycles. The minimum Gasteiger partial charge on any atom is -0.368 e. The molecule has 3 nitrogen and oxygen atoms in total. The van der Waals surface area contributed by atoms with Crippen LogP contribution in [0.2, 0.25) is 0 Å². The molecular weight excluding hydrogens is 258 g/mol. The van der Waals surface area contributed by atoms with Crippen LogP contribution in [0.1, 0.15) is 25.7 Å². The second kappa shape index (κ2) is 5.74. The Labute approximate surface area is 118 Å². The maximum Gasteiger partial charge on any atom is 0.145 e. The van der Waals surface area contributed by atoms with E-state index in [-0.39, 0.29) is 0 Å². The molecule has 2 aromatic rings. The molecular formula is C15H18ClN3. The number of hydrogen-bond donors (Lipinski definition) is 1. The van der Waals surface area contributed by atoms with Gasteiger partial charge in [-0.2, -0.15) is 0 Å². The molecule has 0 spiro atoms. The van der Waals surface area contributed by atoms with Gasteiger partial charge in [-0.25, -0.2) is 4.98 Å². The molecule has 3 rings (SSSR count). The van der Waals surface area contributed by atoms with Crippen LogP contribution in [0.3, 0.4) is 0 Å². The van der Waals surface area contributed by atoms with Crippen LogP contribution in [-0.2, 0) is 0 Å². The Balaban J connectivity index is 1.62. The van der Waals surface area contributed by atoms with E-state index < -0.39 is 0 Å². The highest BCUT2D eigenvalue weighted by Crippen LogP contribution is 2.27. The molecule has 1 saturated carbocycles. The Morgan fingerprint density at radius 2 is 1.84 bits per heavy atom. The number of nitrogens with one attached hydrogen (secondary N) is 1. The summed E-state index contributed by atoms with van der Waals surface area (Å²) in [6, 6.07) is 7.94. The molecule has 4 heteroatoms. The van der Waals surface area contributed by atoms with Crippen molar-refractivity contribution in [2.24, 2.45) is 5.92 Å². The summed E-state index contributed by atoms with van der Waals surface area (Å²) < 4.78 is 0. The molecule has 100 valence electrons. The molecule has 1 heterocycles. The molecule has 1 fully saturated rings. The van der Waals surface area contributed by atoms with Crippen LogP contribution in [0.4, 0.5) is 5.82 Å². The molecule has 0 radical (unpaired) electrons. The number of para-hydroxylation sites is 2. The molecule has 1 aromatic heterocycles. The lowest BCUT2D eigenvalue weighted by Gasteiger charge is -2.25. The molecule has 0 saturated heterocycles. The zero-order valence-electron chi connectivity index (χ0n) is 10.8. The van der Waals surface area contributed by atoms with Crippen LogP contribution in [-0.4, -0.2) is 21.9 Å². The van der Waals surface area contributed by atoms with Gasteiger partial charge in [0.1, 0.15) is 5.82 Å². The van der Waals surface area contributed by atoms with Crippen LogP contribution < -0.4 is 5.32 Å². The number of anilines is 1. The Morgan fingerprint density at radius 3 is 2.63 bits per heavy atom. The summed E-state index contributed by atoms with van der Waals surface area (Å²) >= 11 is 6.12. The van der Waals surface area contributed by atoms with Crippen molar-refractivity contribution in [3.63, 3.8) is 0 Å². The van der Waals surface area contributed by atoms with Crippen molar-refractivity contribution in [1.29, 1.82) is 0 Å².